The summed E-state index contributed by atoms with van der Waals surface area (Å²) in [5.74, 6) is 0.672. The van der Waals surface area contributed by atoms with Crippen LogP contribution in [0.5, 0.6) is 0 Å². The smallest absolute Gasteiger partial charge is 0.0991 e. The van der Waals surface area contributed by atoms with Crippen LogP contribution in [-0.2, 0) is 11.3 Å². The summed E-state index contributed by atoms with van der Waals surface area (Å²) < 4.78 is 7.76. The molecule has 5 heteroatoms. The molecule has 0 bridgehead atoms. The molecular formula is C19H26N4O. The van der Waals surface area contributed by atoms with Gasteiger partial charge in [0.25, 0.3) is 0 Å². The molecule has 5 nitrogen and oxygen atoms in total. The molecule has 1 aliphatic carbocycles. The van der Waals surface area contributed by atoms with Crippen molar-refractivity contribution in [2.24, 2.45) is 5.92 Å². The molecule has 3 atom stereocenters. The van der Waals surface area contributed by atoms with E-state index in [1.54, 1.807) is 0 Å². The summed E-state index contributed by atoms with van der Waals surface area (Å²) in [6.07, 6.45) is 9.55. The molecule has 128 valence electrons. The molecule has 2 fully saturated rings. The van der Waals surface area contributed by atoms with Gasteiger partial charge in [0.15, 0.2) is 0 Å². The third-order valence-electron chi connectivity index (χ3n) is 5.37. The van der Waals surface area contributed by atoms with E-state index in [-0.39, 0.29) is 0 Å². The zero-order valence-electron chi connectivity index (χ0n) is 14.0. The number of morpholine rings is 1. The molecule has 1 aromatic heterocycles. The molecule has 1 saturated carbocycles. The topological polar surface area (TPSA) is 51.1 Å². The quantitative estimate of drug-likeness (QED) is 0.884. The molecule has 2 aliphatic rings. The number of benzene rings is 1. The Labute approximate surface area is 143 Å². The number of nitrogens with zero attached hydrogens (tertiary/aromatic N) is 2. The maximum Gasteiger partial charge on any atom is 0.0991 e. The normalized spacial score (nSPS) is 27.4. The van der Waals surface area contributed by atoms with Gasteiger partial charge < -0.3 is 19.9 Å². The highest BCUT2D eigenvalue weighted by Crippen LogP contribution is 2.30. The number of hydrogen-bond acceptors (Lipinski definition) is 4. The second-order valence-corrected chi connectivity index (χ2v) is 6.82. The fourth-order valence-electron chi connectivity index (χ4n) is 4.14. The largest absolute Gasteiger partial charge is 0.379 e. The fraction of sp³-hybridized carbons (Fsp3) is 0.526. The Bertz CT molecular complexity index is 637. The first kappa shape index (κ1) is 15.8. The molecule has 4 rings (SSSR count). The minimum Gasteiger partial charge on any atom is -0.379 e. The summed E-state index contributed by atoms with van der Waals surface area (Å²) in [5, 5.41) is 7.46. The zero-order valence-corrected chi connectivity index (χ0v) is 14.0. The highest BCUT2D eigenvalue weighted by atomic mass is 16.5. The Balaban J connectivity index is 1.43. The van der Waals surface area contributed by atoms with Crippen molar-refractivity contribution in [3.8, 4) is 5.69 Å². The van der Waals surface area contributed by atoms with Gasteiger partial charge in [-0.15, -0.1) is 0 Å². The SMILES string of the molecule is c1ccc(-n2ccnc2)c(CNC2CCCC2C2COCCN2)c1. The molecule has 2 N–H and O–H groups in total. The van der Waals surface area contributed by atoms with Crippen LogP contribution in [0.25, 0.3) is 5.69 Å². The lowest BCUT2D eigenvalue weighted by atomic mass is 9.94. The van der Waals surface area contributed by atoms with Gasteiger partial charge in [-0.3, -0.25) is 0 Å². The van der Waals surface area contributed by atoms with Gasteiger partial charge in [-0.05, 0) is 30.4 Å². The molecule has 0 amide bonds. The molecular weight excluding hydrogens is 300 g/mol. The van der Waals surface area contributed by atoms with Crippen molar-refractivity contribution in [2.45, 2.75) is 37.9 Å². The number of nitrogens with one attached hydrogen (secondary N) is 2. The van der Waals surface area contributed by atoms with Gasteiger partial charge >= 0.3 is 0 Å². The first-order valence-corrected chi connectivity index (χ1v) is 9.02. The number of hydrogen-bond donors (Lipinski definition) is 2. The molecule has 2 heterocycles. The van der Waals surface area contributed by atoms with Gasteiger partial charge in [-0.2, -0.15) is 0 Å². The van der Waals surface area contributed by atoms with Gasteiger partial charge in [-0.25, -0.2) is 4.98 Å². The number of aromatic nitrogens is 2. The number of rotatable bonds is 5. The molecule has 0 radical (unpaired) electrons. The van der Waals surface area contributed by atoms with E-state index < -0.39 is 0 Å². The summed E-state index contributed by atoms with van der Waals surface area (Å²) in [6.45, 7) is 3.58. The molecule has 1 aromatic carbocycles. The van der Waals surface area contributed by atoms with E-state index in [0.29, 0.717) is 18.0 Å². The van der Waals surface area contributed by atoms with E-state index in [4.69, 9.17) is 4.74 Å². The molecule has 1 saturated heterocycles. The Hall–Kier alpha value is -1.69. The fourth-order valence-corrected chi connectivity index (χ4v) is 4.14. The van der Waals surface area contributed by atoms with Crippen LogP contribution in [0, 0.1) is 5.92 Å². The van der Waals surface area contributed by atoms with Crippen molar-refractivity contribution in [2.75, 3.05) is 19.8 Å². The monoisotopic (exact) mass is 326 g/mol. The van der Waals surface area contributed by atoms with Crippen LogP contribution in [0.4, 0.5) is 0 Å². The van der Waals surface area contributed by atoms with Gasteiger partial charge in [0.2, 0.25) is 0 Å². The van der Waals surface area contributed by atoms with E-state index in [1.807, 2.05) is 18.7 Å². The van der Waals surface area contributed by atoms with Crippen LogP contribution >= 0.6 is 0 Å². The third kappa shape index (κ3) is 3.38. The maximum atomic E-state index is 5.67. The predicted octanol–water partition coefficient (Wildman–Crippen LogP) is 2.12. The third-order valence-corrected chi connectivity index (χ3v) is 5.37. The van der Waals surface area contributed by atoms with Crippen LogP contribution in [-0.4, -0.2) is 41.4 Å². The Morgan fingerprint density at radius 2 is 2.25 bits per heavy atom. The number of para-hydroxylation sites is 1. The second kappa shape index (κ2) is 7.47. The molecule has 0 spiro atoms. The highest BCUT2D eigenvalue weighted by Gasteiger charge is 2.34. The van der Waals surface area contributed by atoms with Gasteiger partial charge in [0, 0.05) is 37.6 Å². The summed E-state index contributed by atoms with van der Waals surface area (Å²) in [4.78, 5) is 4.17. The van der Waals surface area contributed by atoms with Gasteiger partial charge in [-0.1, -0.05) is 24.6 Å². The van der Waals surface area contributed by atoms with Crippen molar-refractivity contribution in [1.82, 2.24) is 20.2 Å². The Morgan fingerprint density at radius 3 is 3.08 bits per heavy atom. The average molecular weight is 326 g/mol. The Morgan fingerprint density at radius 1 is 1.29 bits per heavy atom. The lowest BCUT2D eigenvalue weighted by Crippen LogP contribution is -2.50. The van der Waals surface area contributed by atoms with Crippen LogP contribution < -0.4 is 10.6 Å². The van der Waals surface area contributed by atoms with E-state index in [9.17, 15) is 0 Å². The summed E-state index contributed by atoms with van der Waals surface area (Å²) in [7, 11) is 0. The average Bonchev–Trinajstić information content (AvgIpc) is 3.33. The summed E-state index contributed by atoms with van der Waals surface area (Å²) in [5.41, 5.74) is 2.52. The van der Waals surface area contributed by atoms with Crippen molar-refractivity contribution < 1.29 is 4.74 Å². The first-order chi connectivity index (χ1) is 11.9. The van der Waals surface area contributed by atoms with Crippen LogP contribution in [0.2, 0.25) is 0 Å². The van der Waals surface area contributed by atoms with E-state index >= 15 is 0 Å². The zero-order chi connectivity index (χ0) is 16.2. The lowest BCUT2D eigenvalue weighted by Gasteiger charge is -2.33. The van der Waals surface area contributed by atoms with Crippen molar-refractivity contribution in [1.29, 1.82) is 0 Å². The van der Waals surface area contributed by atoms with Crippen molar-refractivity contribution in [3.05, 3.63) is 48.5 Å². The number of ether oxygens (including phenoxy) is 1. The summed E-state index contributed by atoms with van der Waals surface area (Å²) in [6, 6.07) is 9.62. The van der Waals surface area contributed by atoms with Gasteiger partial charge in [0.1, 0.15) is 0 Å². The Kier molecular flexibility index (Phi) is 4.92. The maximum absolute atomic E-state index is 5.67. The molecule has 24 heavy (non-hydrogen) atoms. The standard InChI is InChI=1S/C19H26N4O/c1-2-7-19(23-10-8-20-14-23)15(4-1)12-22-17-6-3-5-16(17)18-13-24-11-9-21-18/h1-2,4,7-8,10,14,16-18,21-22H,3,5-6,9,11-13H2. The second-order valence-electron chi connectivity index (χ2n) is 6.82. The predicted molar refractivity (Wildman–Crippen MR) is 94.1 cm³/mol. The molecule has 1 aliphatic heterocycles. The van der Waals surface area contributed by atoms with Crippen molar-refractivity contribution in [3.63, 3.8) is 0 Å². The minimum absolute atomic E-state index is 0.502. The number of imidazole rings is 1. The molecule has 2 aromatic rings. The first-order valence-electron chi connectivity index (χ1n) is 9.02. The van der Waals surface area contributed by atoms with E-state index in [0.717, 1.165) is 26.3 Å². The molecule has 3 unspecified atom stereocenters. The van der Waals surface area contributed by atoms with E-state index in [1.165, 1.54) is 30.5 Å². The lowest BCUT2D eigenvalue weighted by molar-refractivity contribution is 0.0524. The van der Waals surface area contributed by atoms with Crippen LogP contribution in [0.3, 0.4) is 0 Å². The summed E-state index contributed by atoms with van der Waals surface area (Å²) >= 11 is 0. The van der Waals surface area contributed by atoms with Crippen LogP contribution in [0.15, 0.2) is 43.0 Å². The van der Waals surface area contributed by atoms with E-state index in [2.05, 4.69) is 44.5 Å². The minimum atomic E-state index is 0.502. The van der Waals surface area contributed by atoms with Gasteiger partial charge in [0.05, 0.1) is 25.2 Å². The van der Waals surface area contributed by atoms with Crippen molar-refractivity contribution >= 4 is 0 Å². The van der Waals surface area contributed by atoms with Crippen LogP contribution in [0.1, 0.15) is 24.8 Å². The highest BCUT2D eigenvalue weighted by molar-refractivity contribution is 5.40.